The van der Waals surface area contributed by atoms with Gasteiger partial charge in [-0.3, -0.25) is 0 Å². The standard InChI is InChI=1S/6C15H33O3P.2Nd/c6*1-3-5-7-9-10-12-14-15(18-19(16)17)13-11-8-6-4-2;;/h6*15,19H,3-14H2,1-2H3,(H,16,17);;/q;;;;;;2*+3/p-6. The Labute approximate surface area is 789 Å². The SMILES string of the molecule is CCCCCCCCC(CCCCCC)O[PH](=O)[O-].CCCCCCCCC(CCCCCC)O[PH](=O)[O-].CCCCCCCCC(CCCCCC)O[PH](=O)[O-].CCCCCCCCC(CCCCCC)O[PH](=O)[O-].CCCCCCCCC(CCCCCC)O[PH](=O)[O-].CCCCCCCCC(CCCCCC)O[PH](=O)[O-].[Nd+3].[Nd+3]. The molecule has 0 fully saturated rings. The molecule has 0 aromatic carbocycles. The zero-order valence-corrected chi connectivity index (χ0v) is 90.1. The molecule has 0 heterocycles. The molecule has 0 saturated heterocycles. The maximum absolute atomic E-state index is 10.7. The summed E-state index contributed by atoms with van der Waals surface area (Å²) in [5, 5.41) is 0. The van der Waals surface area contributed by atoms with Crippen LogP contribution < -0.4 is 29.4 Å². The van der Waals surface area contributed by atoms with Gasteiger partial charge in [-0.15, -0.1) is 0 Å². The number of hydrogen-bond acceptors (Lipinski definition) is 18. The largest absolute Gasteiger partial charge is 3.00 e. The molecule has 12 unspecified atom stereocenters. The second kappa shape index (κ2) is 119. The first kappa shape index (κ1) is 135. The van der Waals surface area contributed by atoms with Crippen molar-refractivity contribution in [2.24, 2.45) is 0 Å². The van der Waals surface area contributed by atoms with Gasteiger partial charge in [-0.1, -0.05) is 468 Å². The molecule has 0 bridgehead atoms. The van der Waals surface area contributed by atoms with E-state index in [-0.39, 0.29) is 118 Å². The molecule has 18 nitrogen and oxygen atoms in total. The van der Waals surface area contributed by atoms with Gasteiger partial charge in [-0.2, -0.15) is 0 Å². The maximum Gasteiger partial charge on any atom is 3.00 e. The molecule has 0 aromatic heterocycles. The first-order valence-corrected chi connectivity index (χ1v) is 55.8. The van der Waals surface area contributed by atoms with Crippen molar-refractivity contribution in [3.63, 3.8) is 0 Å². The molecule has 0 aliphatic carbocycles. The van der Waals surface area contributed by atoms with Crippen LogP contribution in [0.4, 0.5) is 0 Å². The van der Waals surface area contributed by atoms with Crippen LogP contribution in [-0.2, 0) is 54.5 Å². The monoisotopic (exact) mass is 2030 g/mol. The van der Waals surface area contributed by atoms with Crippen molar-refractivity contribution < 1.29 is 166 Å². The van der Waals surface area contributed by atoms with Gasteiger partial charge in [0, 0.05) is 0 Å². The van der Waals surface area contributed by atoms with Crippen LogP contribution in [0, 0.1) is 81.7 Å². The van der Waals surface area contributed by atoms with E-state index >= 15 is 0 Å². The van der Waals surface area contributed by atoms with E-state index in [1.165, 1.54) is 308 Å². The third kappa shape index (κ3) is 128. The molecule has 2 radical (unpaired) electrons. The molecule has 0 spiro atoms. The van der Waals surface area contributed by atoms with Crippen LogP contribution in [0.1, 0.15) is 545 Å². The summed E-state index contributed by atoms with van der Waals surface area (Å²) in [5.74, 6) is 0. The normalized spacial score (nSPS) is 14.2. The van der Waals surface area contributed by atoms with Gasteiger partial charge < -0.3 is 83.9 Å². The van der Waals surface area contributed by atoms with E-state index in [9.17, 15) is 56.8 Å². The predicted molar refractivity (Wildman–Crippen MR) is 484 cm³/mol. The zero-order valence-electron chi connectivity index (χ0n) is 77.7. The Bertz CT molecular complexity index is 1610. The van der Waals surface area contributed by atoms with E-state index in [1.54, 1.807) is 0 Å². The Morgan fingerprint density at radius 2 is 0.216 bits per heavy atom. The summed E-state index contributed by atoms with van der Waals surface area (Å²) < 4.78 is 94.6. The minimum Gasteiger partial charge on any atom is -0.781 e. The molecular weight excluding hydrogens is 1840 g/mol. The third-order valence-corrected chi connectivity index (χ3v) is 24.3. The molecule has 0 amide bonds. The minimum absolute atomic E-state index is 0. The Morgan fingerprint density at radius 3 is 0.293 bits per heavy atom. The minimum atomic E-state index is -3.03. The van der Waals surface area contributed by atoms with Crippen LogP contribution in [-0.4, -0.2) is 36.6 Å². The van der Waals surface area contributed by atoms with Crippen molar-refractivity contribution >= 4 is 49.5 Å². The second-order valence-corrected chi connectivity index (χ2v) is 36.8. The van der Waals surface area contributed by atoms with Crippen molar-refractivity contribution in [3.8, 4) is 0 Å². The van der Waals surface area contributed by atoms with Crippen molar-refractivity contribution in [1.82, 2.24) is 0 Å². The first-order chi connectivity index (χ1) is 55.2. The molecule has 0 N–H and O–H groups in total. The van der Waals surface area contributed by atoms with Crippen LogP contribution in [0.2, 0.25) is 0 Å². The van der Waals surface area contributed by atoms with Gasteiger partial charge in [0.15, 0.2) is 0 Å². The quantitative estimate of drug-likeness (QED) is 0.0403. The molecule has 0 aliphatic rings. The van der Waals surface area contributed by atoms with Crippen LogP contribution in [0.25, 0.3) is 0 Å². The summed E-state index contributed by atoms with van der Waals surface area (Å²) >= 11 is 0. The summed E-state index contributed by atoms with van der Waals surface area (Å²) in [7, 11) is -18.2. The van der Waals surface area contributed by atoms with Gasteiger partial charge in [0.1, 0.15) is 49.5 Å². The maximum atomic E-state index is 10.7. The fourth-order valence-electron chi connectivity index (χ4n) is 14.1. The summed E-state index contributed by atoms with van der Waals surface area (Å²) in [6.45, 7) is 26.4. The molecule has 0 aliphatic heterocycles. The van der Waals surface area contributed by atoms with E-state index in [2.05, 4.69) is 83.1 Å². The summed E-state index contributed by atoms with van der Waals surface area (Å²) in [6, 6.07) is 0. The van der Waals surface area contributed by atoms with Crippen LogP contribution in [0.5, 0.6) is 0 Å². The summed E-state index contributed by atoms with van der Waals surface area (Å²) in [6.07, 6.45) is 83.3. The Morgan fingerprint density at radius 1 is 0.147 bits per heavy atom. The van der Waals surface area contributed by atoms with Gasteiger partial charge >= 0.3 is 81.7 Å². The van der Waals surface area contributed by atoms with E-state index in [0.717, 1.165) is 154 Å². The number of rotatable bonds is 84. The second-order valence-electron chi connectivity index (χ2n) is 32.4. The summed E-state index contributed by atoms with van der Waals surface area (Å²) in [5.41, 5.74) is 0. The van der Waals surface area contributed by atoms with E-state index in [4.69, 9.17) is 27.1 Å². The van der Waals surface area contributed by atoms with Gasteiger partial charge in [0.05, 0.1) is 36.6 Å². The average Bonchev–Trinajstić information content (AvgIpc) is 1.02. The fraction of sp³-hybridized carbons (Fsp3) is 1.00. The molecule has 698 valence electrons. The third-order valence-electron chi connectivity index (χ3n) is 21.1. The Balaban J connectivity index is -0.000000200. The Hall–Kier alpha value is 3.60. The van der Waals surface area contributed by atoms with Crippen molar-refractivity contribution in [3.05, 3.63) is 0 Å². The van der Waals surface area contributed by atoms with Gasteiger partial charge in [-0.05, 0) is 77.0 Å². The van der Waals surface area contributed by atoms with Crippen LogP contribution >= 0.6 is 49.5 Å². The number of hydrogen-bond donors (Lipinski definition) is 0. The molecule has 0 aromatic rings. The number of unbranched alkanes of at least 4 members (excludes halogenated alkanes) is 48. The topological polar surface area (TPSA) is 296 Å². The predicted octanol–water partition coefficient (Wildman–Crippen LogP) is 29.1. The molecule has 116 heavy (non-hydrogen) atoms. The van der Waals surface area contributed by atoms with Gasteiger partial charge in [0.25, 0.3) is 0 Å². The molecule has 0 rings (SSSR count). The van der Waals surface area contributed by atoms with Crippen LogP contribution in [0.15, 0.2) is 0 Å². The van der Waals surface area contributed by atoms with Crippen molar-refractivity contribution in [2.45, 2.75) is 582 Å². The van der Waals surface area contributed by atoms with E-state index < -0.39 is 49.5 Å². The van der Waals surface area contributed by atoms with Crippen molar-refractivity contribution in [1.29, 1.82) is 0 Å². The summed E-state index contributed by atoms with van der Waals surface area (Å²) in [4.78, 5) is 64.3. The first-order valence-electron chi connectivity index (χ1n) is 48.5. The smallest absolute Gasteiger partial charge is 0.781 e. The molecular formula is C90H192Nd2O18P6. The molecule has 26 heteroatoms. The zero-order chi connectivity index (χ0) is 86.1. The molecule has 12 atom stereocenters. The van der Waals surface area contributed by atoms with Gasteiger partial charge in [0.2, 0.25) is 0 Å². The molecule has 0 saturated carbocycles. The van der Waals surface area contributed by atoms with E-state index in [0.29, 0.717) is 0 Å². The van der Waals surface area contributed by atoms with Gasteiger partial charge in [-0.25, -0.2) is 0 Å². The van der Waals surface area contributed by atoms with Crippen LogP contribution in [0.3, 0.4) is 0 Å². The Kier molecular flexibility index (Phi) is 138. The van der Waals surface area contributed by atoms with E-state index in [1.807, 2.05) is 0 Å². The fourth-order valence-corrected chi connectivity index (χ4v) is 17.1. The van der Waals surface area contributed by atoms with Crippen molar-refractivity contribution in [2.75, 3.05) is 0 Å². The average molecular weight is 2040 g/mol.